The van der Waals surface area contributed by atoms with E-state index in [4.69, 9.17) is 14.2 Å². The predicted octanol–water partition coefficient (Wildman–Crippen LogP) is 4.04. The molecule has 2 amide bonds. The summed E-state index contributed by atoms with van der Waals surface area (Å²) in [7, 11) is 1.62. The fourth-order valence-electron chi connectivity index (χ4n) is 2.79. The minimum absolute atomic E-state index is 0.211. The fourth-order valence-corrected chi connectivity index (χ4v) is 2.79. The number of amides is 2. The van der Waals surface area contributed by atoms with E-state index in [0.29, 0.717) is 29.6 Å². The molecule has 6 heteroatoms. The molecule has 1 heterocycles. The number of ether oxygens (including phenoxy) is 3. The lowest BCUT2D eigenvalue weighted by molar-refractivity contribution is 0.0559. The topological polar surface area (TPSA) is 68.8 Å². The van der Waals surface area contributed by atoms with Crippen LogP contribution in [0.2, 0.25) is 0 Å². The normalized spacial score (nSPS) is 16.6. The zero-order valence-corrected chi connectivity index (χ0v) is 14.9. The summed E-state index contributed by atoms with van der Waals surface area (Å²) in [5.41, 5.74) is 0.709. The quantitative estimate of drug-likeness (QED) is 0.820. The lowest BCUT2D eigenvalue weighted by Gasteiger charge is -2.22. The van der Waals surface area contributed by atoms with Crippen LogP contribution in [-0.2, 0) is 4.74 Å². The number of carbonyl (C=O) groups is 1. The summed E-state index contributed by atoms with van der Waals surface area (Å²) in [6.45, 7) is 2.17. The van der Waals surface area contributed by atoms with Crippen molar-refractivity contribution >= 4 is 11.7 Å². The highest BCUT2D eigenvalue weighted by molar-refractivity contribution is 5.89. The number of methoxy groups -OCH3 is 1. The van der Waals surface area contributed by atoms with Gasteiger partial charge in [0.25, 0.3) is 0 Å². The summed E-state index contributed by atoms with van der Waals surface area (Å²) >= 11 is 0. The summed E-state index contributed by atoms with van der Waals surface area (Å²) in [4.78, 5) is 12.0. The van der Waals surface area contributed by atoms with E-state index in [0.717, 1.165) is 31.8 Å². The third-order valence-corrected chi connectivity index (χ3v) is 4.19. The maximum Gasteiger partial charge on any atom is 0.319 e. The van der Waals surface area contributed by atoms with E-state index >= 15 is 0 Å². The van der Waals surface area contributed by atoms with Crippen LogP contribution in [0.5, 0.6) is 17.2 Å². The number of anilines is 1. The number of carbonyl (C=O) groups excluding carboxylic acids is 1. The molecule has 0 saturated carbocycles. The molecule has 0 aliphatic carbocycles. The lowest BCUT2D eigenvalue weighted by Crippen LogP contribution is -2.35. The van der Waals surface area contributed by atoms with Crippen LogP contribution in [0, 0.1) is 5.92 Å². The number of urea groups is 1. The molecule has 1 atom stereocenters. The van der Waals surface area contributed by atoms with E-state index in [2.05, 4.69) is 10.6 Å². The maximum atomic E-state index is 12.0. The van der Waals surface area contributed by atoms with E-state index in [1.54, 1.807) is 19.2 Å². The van der Waals surface area contributed by atoms with Gasteiger partial charge in [0, 0.05) is 24.9 Å². The van der Waals surface area contributed by atoms with Gasteiger partial charge in [-0.3, -0.25) is 0 Å². The smallest absolute Gasteiger partial charge is 0.319 e. The van der Waals surface area contributed by atoms with Crippen LogP contribution in [-0.4, -0.2) is 32.9 Å². The van der Waals surface area contributed by atoms with Crippen LogP contribution in [0.4, 0.5) is 10.5 Å². The second kappa shape index (κ2) is 9.10. The monoisotopic (exact) mass is 356 g/mol. The Balaban J connectivity index is 1.48. The molecule has 1 unspecified atom stereocenters. The Morgan fingerprint density at radius 2 is 1.96 bits per heavy atom. The van der Waals surface area contributed by atoms with Crippen molar-refractivity contribution in [2.75, 3.05) is 32.2 Å². The number of rotatable bonds is 6. The number of hydrogen-bond donors (Lipinski definition) is 2. The van der Waals surface area contributed by atoms with Crippen LogP contribution < -0.4 is 20.1 Å². The first-order chi connectivity index (χ1) is 12.7. The first-order valence-corrected chi connectivity index (χ1v) is 8.77. The molecular formula is C20H24N2O4. The second-order valence-electron chi connectivity index (χ2n) is 6.22. The molecule has 0 aromatic heterocycles. The Morgan fingerprint density at radius 1 is 1.15 bits per heavy atom. The van der Waals surface area contributed by atoms with Gasteiger partial charge in [-0.25, -0.2) is 4.79 Å². The number of nitrogens with one attached hydrogen (secondary N) is 2. The Bertz CT molecular complexity index is 712. The van der Waals surface area contributed by atoms with Crippen molar-refractivity contribution in [3.8, 4) is 17.2 Å². The lowest BCUT2D eigenvalue weighted by atomic mass is 10.0. The van der Waals surface area contributed by atoms with Crippen molar-refractivity contribution in [3.05, 3.63) is 48.5 Å². The van der Waals surface area contributed by atoms with Crippen molar-refractivity contribution in [3.63, 3.8) is 0 Å². The molecule has 1 aliphatic rings. The van der Waals surface area contributed by atoms with Gasteiger partial charge in [0.05, 0.1) is 13.7 Å². The first kappa shape index (κ1) is 18.1. The van der Waals surface area contributed by atoms with Crippen molar-refractivity contribution < 1.29 is 19.0 Å². The molecule has 0 radical (unpaired) electrons. The Morgan fingerprint density at radius 3 is 2.69 bits per heavy atom. The van der Waals surface area contributed by atoms with E-state index in [1.165, 1.54) is 0 Å². The van der Waals surface area contributed by atoms with Crippen molar-refractivity contribution in [2.24, 2.45) is 5.92 Å². The van der Waals surface area contributed by atoms with Crippen molar-refractivity contribution in [1.82, 2.24) is 5.32 Å². The SMILES string of the molecule is COc1cccc(Oc2ccc(NC(=O)NCC3CCCOC3)cc2)c1. The summed E-state index contributed by atoms with van der Waals surface area (Å²) in [6, 6.07) is 14.4. The Kier molecular flexibility index (Phi) is 6.33. The molecule has 2 aromatic carbocycles. The van der Waals surface area contributed by atoms with Crippen LogP contribution in [0.1, 0.15) is 12.8 Å². The van der Waals surface area contributed by atoms with Crippen LogP contribution >= 0.6 is 0 Å². The molecule has 0 spiro atoms. The zero-order chi connectivity index (χ0) is 18.2. The minimum Gasteiger partial charge on any atom is -0.497 e. The van der Waals surface area contributed by atoms with Gasteiger partial charge in [-0.1, -0.05) is 6.07 Å². The van der Waals surface area contributed by atoms with Crippen LogP contribution in [0.3, 0.4) is 0 Å². The van der Waals surface area contributed by atoms with Gasteiger partial charge in [0.1, 0.15) is 17.2 Å². The third kappa shape index (κ3) is 5.39. The summed E-state index contributed by atoms with van der Waals surface area (Å²) in [6.07, 6.45) is 2.15. The molecule has 26 heavy (non-hydrogen) atoms. The van der Waals surface area contributed by atoms with E-state index in [-0.39, 0.29) is 6.03 Å². The zero-order valence-electron chi connectivity index (χ0n) is 14.9. The van der Waals surface area contributed by atoms with Gasteiger partial charge in [-0.15, -0.1) is 0 Å². The average molecular weight is 356 g/mol. The largest absolute Gasteiger partial charge is 0.497 e. The molecule has 6 nitrogen and oxygen atoms in total. The van der Waals surface area contributed by atoms with Crippen molar-refractivity contribution in [1.29, 1.82) is 0 Å². The van der Waals surface area contributed by atoms with Crippen molar-refractivity contribution in [2.45, 2.75) is 12.8 Å². The highest BCUT2D eigenvalue weighted by Gasteiger charge is 2.14. The van der Waals surface area contributed by atoms with Crippen LogP contribution in [0.25, 0.3) is 0 Å². The highest BCUT2D eigenvalue weighted by Crippen LogP contribution is 2.26. The van der Waals surface area contributed by atoms with E-state index in [9.17, 15) is 4.79 Å². The molecule has 2 N–H and O–H groups in total. The highest BCUT2D eigenvalue weighted by atomic mass is 16.5. The molecule has 1 aliphatic heterocycles. The molecular weight excluding hydrogens is 332 g/mol. The number of benzene rings is 2. The minimum atomic E-state index is -0.211. The second-order valence-corrected chi connectivity index (χ2v) is 6.22. The molecule has 1 saturated heterocycles. The number of hydrogen-bond acceptors (Lipinski definition) is 4. The molecule has 3 rings (SSSR count). The van der Waals surface area contributed by atoms with Gasteiger partial charge < -0.3 is 24.8 Å². The molecule has 0 bridgehead atoms. The summed E-state index contributed by atoms with van der Waals surface area (Å²) in [5, 5.41) is 5.72. The Hall–Kier alpha value is -2.73. The molecule has 138 valence electrons. The van der Waals surface area contributed by atoms with E-state index in [1.807, 2.05) is 36.4 Å². The summed E-state index contributed by atoms with van der Waals surface area (Å²) in [5.74, 6) is 2.51. The fraction of sp³-hybridized carbons (Fsp3) is 0.350. The predicted molar refractivity (Wildman–Crippen MR) is 100 cm³/mol. The third-order valence-electron chi connectivity index (χ3n) is 4.19. The maximum absolute atomic E-state index is 12.0. The van der Waals surface area contributed by atoms with E-state index < -0.39 is 0 Å². The van der Waals surface area contributed by atoms with Gasteiger partial charge in [-0.05, 0) is 55.2 Å². The summed E-state index contributed by atoms with van der Waals surface area (Å²) < 4.78 is 16.4. The first-order valence-electron chi connectivity index (χ1n) is 8.77. The van der Waals surface area contributed by atoms with Gasteiger partial charge in [0.15, 0.2) is 0 Å². The standard InChI is InChI=1S/C20H24N2O4/c1-24-18-5-2-6-19(12-18)26-17-9-7-16(8-10-17)22-20(23)21-13-15-4-3-11-25-14-15/h2,5-10,12,15H,3-4,11,13-14H2,1H3,(H2,21,22,23). The Labute approximate surface area is 153 Å². The van der Waals surface area contributed by atoms with Crippen LogP contribution in [0.15, 0.2) is 48.5 Å². The van der Waals surface area contributed by atoms with Gasteiger partial charge in [0.2, 0.25) is 0 Å². The average Bonchev–Trinajstić information content (AvgIpc) is 2.69. The molecule has 1 fully saturated rings. The van der Waals surface area contributed by atoms with Gasteiger partial charge >= 0.3 is 6.03 Å². The van der Waals surface area contributed by atoms with Gasteiger partial charge in [-0.2, -0.15) is 0 Å². The molecule has 2 aromatic rings.